The number of hydrogen-bond acceptors (Lipinski definition) is 1. The third-order valence-electron chi connectivity index (χ3n) is 3.87. The molecular formula is C15H26O. The molecule has 2 aliphatic rings. The molecule has 0 radical (unpaired) electrons. The minimum Gasteiger partial charge on any atom is -0.497 e. The van der Waals surface area contributed by atoms with Crippen molar-refractivity contribution in [1.82, 2.24) is 0 Å². The molecule has 0 atom stereocenters. The van der Waals surface area contributed by atoms with Gasteiger partial charge in [0.2, 0.25) is 0 Å². The molecule has 92 valence electrons. The van der Waals surface area contributed by atoms with Crippen molar-refractivity contribution in [2.75, 3.05) is 6.61 Å². The van der Waals surface area contributed by atoms with Crippen molar-refractivity contribution < 1.29 is 4.74 Å². The van der Waals surface area contributed by atoms with Crippen LogP contribution < -0.4 is 0 Å². The van der Waals surface area contributed by atoms with E-state index >= 15 is 0 Å². The first kappa shape index (κ1) is 12.0. The summed E-state index contributed by atoms with van der Waals surface area (Å²) >= 11 is 0. The van der Waals surface area contributed by atoms with Gasteiger partial charge in [-0.1, -0.05) is 41.5 Å². The van der Waals surface area contributed by atoms with Crippen molar-refractivity contribution in [2.24, 2.45) is 16.2 Å². The molecule has 1 spiro atoms. The molecule has 1 fully saturated rings. The van der Waals surface area contributed by atoms with Crippen LogP contribution in [0.1, 0.15) is 60.8 Å². The average Bonchev–Trinajstić information content (AvgIpc) is 2.81. The fourth-order valence-corrected chi connectivity index (χ4v) is 3.16. The molecular weight excluding hydrogens is 196 g/mol. The van der Waals surface area contributed by atoms with E-state index in [1.807, 2.05) is 0 Å². The van der Waals surface area contributed by atoms with Crippen LogP contribution >= 0.6 is 0 Å². The summed E-state index contributed by atoms with van der Waals surface area (Å²) in [6.07, 6.45) is 3.99. The number of hydrogen-bond donors (Lipinski definition) is 0. The maximum absolute atomic E-state index is 6.04. The third kappa shape index (κ3) is 1.89. The van der Waals surface area contributed by atoms with Gasteiger partial charge in [-0.3, -0.25) is 0 Å². The minimum atomic E-state index is 0.151. The molecule has 0 aromatic rings. The quantitative estimate of drug-likeness (QED) is 0.585. The standard InChI is InChI=1S/C15H26O/c1-13(2,3)11-12(14(4,5)6)16-10-9-15(11)7-8-15/h7-10H2,1-6H3. The molecule has 1 aliphatic carbocycles. The first-order chi connectivity index (χ1) is 7.17. The molecule has 0 amide bonds. The highest BCUT2D eigenvalue weighted by molar-refractivity contribution is 5.33. The van der Waals surface area contributed by atoms with Gasteiger partial charge in [0.15, 0.2) is 0 Å². The average molecular weight is 222 g/mol. The Kier molecular flexibility index (Phi) is 2.46. The zero-order chi connectivity index (χ0) is 12.2. The van der Waals surface area contributed by atoms with Gasteiger partial charge in [0.05, 0.1) is 6.61 Å². The second-order valence-corrected chi connectivity index (χ2v) is 7.58. The molecule has 0 unspecified atom stereocenters. The van der Waals surface area contributed by atoms with Gasteiger partial charge in [-0.15, -0.1) is 0 Å². The Balaban J connectivity index is 2.52. The first-order valence-corrected chi connectivity index (χ1v) is 6.55. The zero-order valence-corrected chi connectivity index (χ0v) is 11.7. The number of allylic oxidation sites excluding steroid dienone is 2. The molecule has 0 aromatic heterocycles. The lowest BCUT2D eigenvalue weighted by Gasteiger charge is -2.41. The van der Waals surface area contributed by atoms with Crippen LogP contribution in [0.4, 0.5) is 0 Å². The fraction of sp³-hybridized carbons (Fsp3) is 0.867. The summed E-state index contributed by atoms with van der Waals surface area (Å²) in [6, 6.07) is 0. The molecule has 1 heterocycles. The van der Waals surface area contributed by atoms with E-state index in [2.05, 4.69) is 41.5 Å². The molecule has 0 N–H and O–H groups in total. The Labute approximate surface area is 100 Å². The molecule has 2 rings (SSSR count). The van der Waals surface area contributed by atoms with E-state index in [1.165, 1.54) is 25.0 Å². The van der Waals surface area contributed by atoms with Crippen LogP contribution in [-0.4, -0.2) is 6.61 Å². The first-order valence-electron chi connectivity index (χ1n) is 6.55. The van der Waals surface area contributed by atoms with Crippen molar-refractivity contribution >= 4 is 0 Å². The van der Waals surface area contributed by atoms with Crippen LogP contribution in [0.5, 0.6) is 0 Å². The molecule has 0 aromatic carbocycles. The van der Waals surface area contributed by atoms with Gasteiger partial charge in [0.1, 0.15) is 5.76 Å². The Hall–Kier alpha value is -0.460. The largest absolute Gasteiger partial charge is 0.497 e. The summed E-state index contributed by atoms with van der Waals surface area (Å²) in [5.74, 6) is 1.28. The highest BCUT2D eigenvalue weighted by Crippen LogP contribution is 2.63. The summed E-state index contributed by atoms with van der Waals surface area (Å²) in [7, 11) is 0. The van der Waals surface area contributed by atoms with E-state index in [-0.39, 0.29) is 10.8 Å². The van der Waals surface area contributed by atoms with Gasteiger partial charge in [-0.05, 0) is 35.7 Å². The zero-order valence-electron chi connectivity index (χ0n) is 11.7. The Bertz CT molecular complexity index is 318. The summed E-state index contributed by atoms with van der Waals surface area (Å²) in [5.41, 5.74) is 2.52. The van der Waals surface area contributed by atoms with Crippen molar-refractivity contribution in [2.45, 2.75) is 60.8 Å². The Morgan fingerprint density at radius 2 is 1.44 bits per heavy atom. The van der Waals surface area contributed by atoms with Crippen LogP contribution in [0.25, 0.3) is 0 Å². The smallest absolute Gasteiger partial charge is 0.102 e. The summed E-state index contributed by atoms with van der Waals surface area (Å²) in [6.45, 7) is 14.8. The van der Waals surface area contributed by atoms with E-state index in [0.29, 0.717) is 5.41 Å². The topological polar surface area (TPSA) is 9.23 Å². The second kappa shape index (κ2) is 3.27. The van der Waals surface area contributed by atoms with Gasteiger partial charge in [-0.25, -0.2) is 0 Å². The van der Waals surface area contributed by atoms with Crippen molar-refractivity contribution in [3.05, 3.63) is 11.3 Å². The lowest BCUT2D eigenvalue weighted by Crippen LogP contribution is -2.31. The van der Waals surface area contributed by atoms with Crippen LogP contribution in [0.3, 0.4) is 0 Å². The van der Waals surface area contributed by atoms with Crippen LogP contribution in [-0.2, 0) is 4.74 Å². The number of rotatable bonds is 0. The van der Waals surface area contributed by atoms with Gasteiger partial charge in [-0.2, -0.15) is 0 Å². The van der Waals surface area contributed by atoms with Crippen LogP contribution in [0.2, 0.25) is 0 Å². The Morgan fingerprint density at radius 1 is 0.875 bits per heavy atom. The van der Waals surface area contributed by atoms with E-state index < -0.39 is 0 Å². The third-order valence-corrected chi connectivity index (χ3v) is 3.87. The summed E-state index contributed by atoms with van der Waals surface area (Å²) < 4.78 is 6.04. The van der Waals surface area contributed by atoms with Gasteiger partial charge in [0.25, 0.3) is 0 Å². The van der Waals surface area contributed by atoms with E-state index in [1.54, 1.807) is 5.57 Å². The molecule has 1 saturated carbocycles. The Morgan fingerprint density at radius 3 is 1.81 bits per heavy atom. The van der Waals surface area contributed by atoms with Crippen molar-refractivity contribution in [3.8, 4) is 0 Å². The van der Waals surface area contributed by atoms with Crippen molar-refractivity contribution in [3.63, 3.8) is 0 Å². The second-order valence-electron chi connectivity index (χ2n) is 7.58. The highest BCUT2D eigenvalue weighted by atomic mass is 16.5. The normalized spacial score (nSPS) is 24.6. The summed E-state index contributed by atoms with van der Waals surface area (Å²) in [4.78, 5) is 0. The number of ether oxygens (including phenoxy) is 1. The molecule has 1 heteroatoms. The van der Waals surface area contributed by atoms with E-state index in [4.69, 9.17) is 4.74 Å². The molecule has 1 nitrogen and oxygen atoms in total. The fourth-order valence-electron chi connectivity index (χ4n) is 3.16. The predicted octanol–water partition coefficient (Wildman–Crippen LogP) is 4.53. The summed E-state index contributed by atoms with van der Waals surface area (Å²) in [5, 5.41) is 0. The van der Waals surface area contributed by atoms with Crippen LogP contribution in [0, 0.1) is 16.2 Å². The lowest BCUT2D eigenvalue weighted by atomic mass is 9.70. The lowest BCUT2D eigenvalue weighted by molar-refractivity contribution is 0.0938. The maximum Gasteiger partial charge on any atom is 0.102 e. The monoisotopic (exact) mass is 222 g/mol. The van der Waals surface area contributed by atoms with Gasteiger partial charge < -0.3 is 4.74 Å². The van der Waals surface area contributed by atoms with Gasteiger partial charge >= 0.3 is 0 Å². The van der Waals surface area contributed by atoms with Crippen molar-refractivity contribution in [1.29, 1.82) is 0 Å². The molecule has 0 saturated heterocycles. The van der Waals surface area contributed by atoms with Gasteiger partial charge in [0, 0.05) is 5.41 Å². The molecule has 1 aliphatic heterocycles. The SMILES string of the molecule is CC(C)(C)C1=C(C(C)(C)C)C2(CCO1)CC2. The van der Waals surface area contributed by atoms with E-state index in [0.717, 1.165) is 6.61 Å². The predicted molar refractivity (Wildman–Crippen MR) is 68.2 cm³/mol. The minimum absolute atomic E-state index is 0.151. The van der Waals surface area contributed by atoms with E-state index in [9.17, 15) is 0 Å². The maximum atomic E-state index is 6.04. The molecule has 0 bridgehead atoms. The molecule has 16 heavy (non-hydrogen) atoms. The van der Waals surface area contributed by atoms with Crippen LogP contribution in [0.15, 0.2) is 11.3 Å². The highest BCUT2D eigenvalue weighted by Gasteiger charge is 2.53.